The van der Waals surface area contributed by atoms with Gasteiger partial charge in [-0.15, -0.1) is 0 Å². The molecule has 5 heteroatoms. The van der Waals surface area contributed by atoms with E-state index in [4.69, 9.17) is 5.73 Å². The van der Waals surface area contributed by atoms with E-state index in [2.05, 4.69) is 22.0 Å². The summed E-state index contributed by atoms with van der Waals surface area (Å²) in [5.74, 6) is 1.35. The number of anilines is 1. The fourth-order valence-corrected chi connectivity index (χ4v) is 2.80. The Hall–Kier alpha value is -1.62. The Morgan fingerprint density at radius 2 is 2.39 bits per heavy atom. The molecule has 18 heavy (non-hydrogen) atoms. The van der Waals surface area contributed by atoms with Crippen molar-refractivity contribution in [1.82, 2.24) is 19.5 Å². The highest BCUT2D eigenvalue weighted by molar-refractivity contribution is 5.46. The second kappa shape index (κ2) is 4.57. The summed E-state index contributed by atoms with van der Waals surface area (Å²) in [5, 5.41) is 4.54. The van der Waals surface area contributed by atoms with Crippen molar-refractivity contribution in [2.75, 3.05) is 25.9 Å². The lowest BCUT2D eigenvalue weighted by Gasteiger charge is -2.29. The standard InChI is InChI=1S/C13H19N5/c1-17-6-2-3-10(9-17)7-11-8-13-15-5-4-12(14)18(13)16-11/h4-5,8,10H,2-3,6-7,9,14H2,1H3. The maximum Gasteiger partial charge on any atom is 0.157 e. The van der Waals surface area contributed by atoms with E-state index in [-0.39, 0.29) is 0 Å². The van der Waals surface area contributed by atoms with Crippen LogP contribution in [0.2, 0.25) is 0 Å². The van der Waals surface area contributed by atoms with Crippen LogP contribution in [0.1, 0.15) is 18.5 Å². The Balaban J connectivity index is 1.80. The van der Waals surface area contributed by atoms with Gasteiger partial charge in [0.05, 0.1) is 5.69 Å². The average Bonchev–Trinajstić information content (AvgIpc) is 2.73. The minimum absolute atomic E-state index is 0.645. The van der Waals surface area contributed by atoms with E-state index < -0.39 is 0 Å². The Morgan fingerprint density at radius 3 is 3.17 bits per heavy atom. The first kappa shape index (κ1) is 11.5. The predicted octanol–water partition coefficient (Wildman–Crippen LogP) is 1.20. The van der Waals surface area contributed by atoms with Crippen LogP contribution in [0, 0.1) is 5.92 Å². The minimum atomic E-state index is 0.645. The molecule has 0 aliphatic carbocycles. The van der Waals surface area contributed by atoms with Crippen molar-refractivity contribution in [2.24, 2.45) is 5.92 Å². The molecule has 3 rings (SSSR count). The van der Waals surface area contributed by atoms with Crippen molar-refractivity contribution < 1.29 is 0 Å². The fraction of sp³-hybridized carbons (Fsp3) is 0.538. The summed E-state index contributed by atoms with van der Waals surface area (Å²) in [6.45, 7) is 2.38. The Kier molecular flexibility index (Phi) is 2.91. The van der Waals surface area contributed by atoms with Crippen molar-refractivity contribution in [1.29, 1.82) is 0 Å². The number of likely N-dealkylation sites (tertiary alicyclic amines) is 1. The molecule has 0 amide bonds. The number of hydrogen-bond acceptors (Lipinski definition) is 4. The number of hydrogen-bond donors (Lipinski definition) is 1. The summed E-state index contributed by atoms with van der Waals surface area (Å²) in [4.78, 5) is 6.68. The highest BCUT2D eigenvalue weighted by Gasteiger charge is 2.19. The van der Waals surface area contributed by atoms with E-state index in [1.165, 1.54) is 19.4 Å². The van der Waals surface area contributed by atoms with Crippen molar-refractivity contribution in [2.45, 2.75) is 19.3 Å². The smallest absolute Gasteiger partial charge is 0.157 e. The van der Waals surface area contributed by atoms with Crippen LogP contribution in [-0.2, 0) is 6.42 Å². The number of nitrogens with zero attached hydrogens (tertiary/aromatic N) is 4. The largest absolute Gasteiger partial charge is 0.384 e. The lowest BCUT2D eigenvalue weighted by Crippen LogP contribution is -2.33. The van der Waals surface area contributed by atoms with Crippen LogP contribution in [0.4, 0.5) is 5.82 Å². The van der Waals surface area contributed by atoms with Crippen LogP contribution < -0.4 is 5.73 Å². The van der Waals surface area contributed by atoms with Gasteiger partial charge in [-0.2, -0.15) is 9.61 Å². The van der Waals surface area contributed by atoms with Crippen LogP contribution in [0.3, 0.4) is 0 Å². The Morgan fingerprint density at radius 1 is 1.50 bits per heavy atom. The normalized spacial score (nSPS) is 21.5. The molecule has 2 aromatic rings. The van der Waals surface area contributed by atoms with Gasteiger partial charge in [0.1, 0.15) is 5.82 Å². The molecule has 0 saturated carbocycles. The fourth-order valence-electron chi connectivity index (χ4n) is 2.80. The lowest BCUT2D eigenvalue weighted by molar-refractivity contribution is 0.208. The molecule has 0 radical (unpaired) electrons. The van der Waals surface area contributed by atoms with Crippen LogP contribution in [0.25, 0.3) is 5.65 Å². The van der Waals surface area contributed by atoms with Gasteiger partial charge in [-0.05, 0) is 44.8 Å². The number of rotatable bonds is 2. The third kappa shape index (κ3) is 2.18. The van der Waals surface area contributed by atoms with Gasteiger partial charge in [0.2, 0.25) is 0 Å². The van der Waals surface area contributed by atoms with Gasteiger partial charge < -0.3 is 10.6 Å². The first-order valence-corrected chi connectivity index (χ1v) is 6.50. The maximum absolute atomic E-state index is 5.88. The topological polar surface area (TPSA) is 59.5 Å². The third-order valence-corrected chi connectivity index (χ3v) is 3.66. The van der Waals surface area contributed by atoms with Gasteiger partial charge in [-0.25, -0.2) is 4.98 Å². The summed E-state index contributed by atoms with van der Waals surface area (Å²) in [5.41, 5.74) is 7.82. The summed E-state index contributed by atoms with van der Waals surface area (Å²) in [6, 6.07) is 3.82. The number of nitrogens with two attached hydrogens (primary N) is 1. The summed E-state index contributed by atoms with van der Waals surface area (Å²) in [7, 11) is 2.19. The molecule has 1 aliphatic rings. The molecular formula is C13H19N5. The van der Waals surface area contributed by atoms with Crippen LogP contribution >= 0.6 is 0 Å². The van der Waals surface area contributed by atoms with Gasteiger partial charge in [0, 0.05) is 18.8 Å². The quantitative estimate of drug-likeness (QED) is 0.863. The summed E-state index contributed by atoms with van der Waals surface area (Å²) >= 11 is 0. The van der Waals surface area contributed by atoms with Crippen molar-refractivity contribution in [3.63, 3.8) is 0 Å². The van der Waals surface area contributed by atoms with Crippen LogP contribution in [0.5, 0.6) is 0 Å². The summed E-state index contributed by atoms with van der Waals surface area (Å²) < 4.78 is 1.72. The number of fused-ring (bicyclic) bond motifs is 1. The zero-order chi connectivity index (χ0) is 12.5. The predicted molar refractivity (Wildman–Crippen MR) is 71.3 cm³/mol. The van der Waals surface area contributed by atoms with E-state index in [1.807, 2.05) is 6.07 Å². The monoisotopic (exact) mass is 245 g/mol. The number of piperidine rings is 1. The molecule has 2 N–H and O–H groups in total. The molecule has 2 aromatic heterocycles. The number of aromatic nitrogens is 3. The van der Waals surface area contributed by atoms with Gasteiger partial charge in [-0.1, -0.05) is 0 Å². The van der Waals surface area contributed by atoms with E-state index in [0.717, 1.165) is 24.3 Å². The summed E-state index contributed by atoms with van der Waals surface area (Å²) in [6.07, 6.45) is 5.33. The van der Waals surface area contributed by atoms with Crippen molar-refractivity contribution in [3.8, 4) is 0 Å². The van der Waals surface area contributed by atoms with E-state index in [9.17, 15) is 0 Å². The molecule has 96 valence electrons. The molecular weight excluding hydrogens is 226 g/mol. The molecule has 1 unspecified atom stereocenters. The molecule has 0 bridgehead atoms. The lowest BCUT2D eigenvalue weighted by atomic mass is 9.94. The molecule has 5 nitrogen and oxygen atoms in total. The van der Waals surface area contributed by atoms with Gasteiger partial charge in [0.25, 0.3) is 0 Å². The van der Waals surface area contributed by atoms with Gasteiger partial charge >= 0.3 is 0 Å². The minimum Gasteiger partial charge on any atom is -0.384 e. The maximum atomic E-state index is 5.88. The SMILES string of the molecule is CN1CCCC(Cc2cc3nccc(N)n3n2)C1. The molecule has 3 heterocycles. The molecule has 1 fully saturated rings. The van der Waals surface area contributed by atoms with E-state index >= 15 is 0 Å². The molecule has 1 atom stereocenters. The van der Waals surface area contributed by atoms with Crippen LogP contribution in [-0.4, -0.2) is 39.6 Å². The molecule has 1 aliphatic heterocycles. The zero-order valence-corrected chi connectivity index (χ0v) is 10.7. The van der Waals surface area contributed by atoms with Crippen molar-refractivity contribution in [3.05, 3.63) is 24.0 Å². The van der Waals surface area contributed by atoms with Gasteiger partial charge in [-0.3, -0.25) is 0 Å². The molecule has 0 aromatic carbocycles. The third-order valence-electron chi connectivity index (χ3n) is 3.66. The highest BCUT2D eigenvalue weighted by atomic mass is 15.3. The van der Waals surface area contributed by atoms with Crippen molar-refractivity contribution >= 4 is 11.5 Å². The molecule has 1 saturated heterocycles. The Bertz CT molecular complexity index is 547. The second-order valence-corrected chi connectivity index (χ2v) is 5.25. The zero-order valence-electron chi connectivity index (χ0n) is 10.7. The Labute approximate surface area is 107 Å². The van der Waals surface area contributed by atoms with Crippen LogP contribution in [0.15, 0.2) is 18.3 Å². The van der Waals surface area contributed by atoms with E-state index in [0.29, 0.717) is 11.7 Å². The van der Waals surface area contributed by atoms with E-state index in [1.54, 1.807) is 16.8 Å². The highest BCUT2D eigenvalue weighted by Crippen LogP contribution is 2.20. The number of nitrogen functional groups attached to an aromatic ring is 1. The first-order chi connectivity index (χ1) is 8.72. The molecule has 0 spiro atoms. The second-order valence-electron chi connectivity index (χ2n) is 5.25. The average molecular weight is 245 g/mol. The van der Waals surface area contributed by atoms with Gasteiger partial charge in [0.15, 0.2) is 5.65 Å². The first-order valence-electron chi connectivity index (χ1n) is 6.50.